The SMILES string of the molecule is CCOP(=O)([O-])OCC[N+](C)(C)CCOC(=O)NC1CC(C)(C)CC(C)(CN=C=O)C1. The molecule has 1 N–H and O–H groups in total. The monoisotopic (exact) mass is 463 g/mol. The van der Waals surface area contributed by atoms with Crippen LogP contribution in [0.2, 0.25) is 0 Å². The normalized spacial score (nSPS) is 25.2. The molecule has 0 radical (unpaired) electrons. The Morgan fingerprint density at radius 1 is 1.23 bits per heavy atom. The fraction of sp³-hybridized carbons (Fsp3) is 0.900. The highest BCUT2D eigenvalue weighted by Crippen LogP contribution is 2.46. The molecule has 0 aliphatic heterocycles. The Hall–Kier alpha value is -1.28. The number of isocyanates is 1. The van der Waals surface area contributed by atoms with Crippen molar-refractivity contribution in [1.29, 1.82) is 0 Å². The zero-order valence-electron chi connectivity index (χ0n) is 19.6. The molecule has 0 aromatic carbocycles. The molecule has 3 unspecified atom stereocenters. The van der Waals surface area contributed by atoms with Gasteiger partial charge in [0.1, 0.15) is 26.3 Å². The van der Waals surface area contributed by atoms with Crippen LogP contribution >= 0.6 is 7.82 Å². The summed E-state index contributed by atoms with van der Waals surface area (Å²) >= 11 is 0. The molecule has 11 heteroatoms. The van der Waals surface area contributed by atoms with Crippen LogP contribution in [0.3, 0.4) is 0 Å². The summed E-state index contributed by atoms with van der Waals surface area (Å²) in [6, 6.07) is -0.0660. The average Bonchev–Trinajstić information content (AvgIpc) is 2.57. The first-order chi connectivity index (χ1) is 14.2. The molecule has 1 amide bonds. The molecule has 0 spiro atoms. The predicted molar refractivity (Wildman–Crippen MR) is 114 cm³/mol. The molecule has 1 aliphatic carbocycles. The largest absolute Gasteiger partial charge is 0.756 e. The Bertz CT molecular complexity index is 694. The molecule has 1 aliphatic rings. The highest BCUT2D eigenvalue weighted by molar-refractivity contribution is 7.45. The van der Waals surface area contributed by atoms with Crippen LogP contribution in [0.15, 0.2) is 4.99 Å². The molecule has 1 fully saturated rings. The molecular weight excluding hydrogens is 425 g/mol. The Kier molecular flexibility index (Phi) is 10.3. The third kappa shape index (κ3) is 11.2. The molecule has 1 rings (SSSR count). The fourth-order valence-corrected chi connectivity index (χ4v) is 5.08. The van der Waals surface area contributed by atoms with E-state index in [0.29, 0.717) is 30.5 Å². The van der Waals surface area contributed by atoms with Gasteiger partial charge in [0.25, 0.3) is 7.82 Å². The van der Waals surface area contributed by atoms with Crippen LogP contribution in [-0.2, 0) is 23.1 Å². The van der Waals surface area contributed by atoms with Crippen molar-refractivity contribution in [2.24, 2.45) is 15.8 Å². The second-order valence-corrected chi connectivity index (χ2v) is 11.4. The summed E-state index contributed by atoms with van der Waals surface area (Å²) in [6.07, 6.45) is 3.56. The van der Waals surface area contributed by atoms with Crippen molar-refractivity contribution in [2.75, 3.05) is 53.6 Å². The van der Waals surface area contributed by atoms with E-state index in [1.807, 2.05) is 14.1 Å². The van der Waals surface area contributed by atoms with Crippen LogP contribution in [0.5, 0.6) is 0 Å². The van der Waals surface area contributed by atoms with Crippen molar-refractivity contribution >= 4 is 20.0 Å². The van der Waals surface area contributed by atoms with Gasteiger partial charge in [-0.2, -0.15) is 0 Å². The standard InChI is InChI=1S/C20H38N3O7P/c1-7-29-31(26,27)30-11-9-23(5,6)8-10-28-18(25)22-17-12-19(2,3)14-20(4,13-17)15-21-16-24/h17H,7-15H2,1-6H3,(H-,22,25,26,27). The highest BCUT2D eigenvalue weighted by atomic mass is 31.2. The molecule has 0 aromatic rings. The third-order valence-corrected chi connectivity index (χ3v) is 6.53. The van der Waals surface area contributed by atoms with Gasteiger partial charge in [-0.15, -0.1) is 0 Å². The molecule has 3 atom stereocenters. The molecule has 1 saturated carbocycles. The lowest BCUT2D eigenvalue weighted by Gasteiger charge is -2.45. The van der Waals surface area contributed by atoms with Crippen molar-refractivity contribution in [3.63, 3.8) is 0 Å². The zero-order chi connectivity index (χ0) is 23.8. The molecule has 0 bridgehead atoms. The van der Waals surface area contributed by atoms with Crippen LogP contribution in [-0.4, -0.2) is 76.2 Å². The Labute approximate surface area is 185 Å². The highest BCUT2D eigenvalue weighted by Gasteiger charge is 2.41. The minimum Gasteiger partial charge on any atom is -0.756 e. The van der Waals surface area contributed by atoms with E-state index >= 15 is 0 Å². The maximum atomic E-state index is 12.3. The summed E-state index contributed by atoms with van der Waals surface area (Å²) in [7, 11) is -0.468. The predicted octanol–water partition coefficient (Wildman–Crippen LogP) is 2.23. The van der Waals surface area contributed by atoms with Gasteiger partial charge < -0.3 is 28.5 Å². The summed E-state index contributed by atoms with van der Waals surface area (Å²) in [5.74, 6) is 0. The van der Waals surface area contributed by atoms with Gasteiger partial charge in [-0.3, -0.25) is 4.57 Å². The average molecular weight is 464 g/mol. The van der Waals surface area contributed by atoms with Crippen molar-refractivity contribution in [3.05, 3.63) is 0 Å². The van der Waals surface area contributed by atoms with Crippen LogP contribution < -0.4 is 10.2 Å². The van der Waals surface area contributed by atoms with Gasteiger partial charge in [0.2, 0.25) is 6.08 Å². The maximum Gasteiger partial charge on any atom is 0.407 e. The Balaban J connectivity index is 2.44. The van der Waals surface area contributed by atoms with Crippen LogP contribution in [0.25, 0.3) is 0 Å². The molecule has 0 aromatic heterocycles. The fourth-order valence-electron chi connectivity index (χ4n) is 4.38. The topological polar surface area (TPSA) is 126 Å². The maximum absolute atomic E-state index is 12.3. The third-order valence-electron chi connectivity index (χ3n) is 5.45. The second-order valence-electron chi connectivity index (χ2n) is 10.0. The van der Waals surface area contributed by atoms with E-state index in [1.165, 1.54) is 0 Å². The van der Waals surface area contributed by atoms with Gasteiger partial charge in [0.15, 0.2) is 0 Å². The number of phosphoric acid groups is 1. The summed E-state index contributed by atoms with van der Waals surface area (Å²) in [4.78, 5) is 38.0. The molecule has 0 saturated heterocycles. The lowest BCUT2D eigenvalue weighted by Crippen LogP contribution is -2.49. The number of aliphatic imine (C=N–C) groups is 1. The van der Waals surface area contributed by atoms with Gasteiger partial charge in [-0.1, -0.05) is 20.8 Å². The summed E-state index contributed by atoms with van der Waals surface area (Å²) < 4.78 is 26.6. The summed E-state index contributed by atoms with van der Waals surface area (Å²) in [5, 5.41) is 2.94. The Morgan fingerprint density at radius 3 is 2.48 bits per heavy atom. The zero-order valence-corrected chi connectivity index (χ0v) is 20.5. The lowest BCUT2D eigenvalue weighted by molar-refractivity contribution is -0.890. The number of carbonyl (C=O) groups is 1. The number of likely N-dealkylation sites (N-methyl/N-ethyl adjacent to an activating group) is 1. The van der Waals surface area contributed by atoms with E-state index in [9.17, 15) is 19.0 Å². The van der Waals surface area contributed by atoms with E-state index in [-0.39, 0.29) is 36.7 Å². The number of hydrogen-bond acceptors (Lipinski definition) is 8. The van der Waals surface area contributed by atoms with E-state index in [1.54, 1.807) is 13.0 Å². The molecule has 31 heavy (non-hydrogen) atoms. The van der Waals surface area contributed by atoms with Crippen LogP contribution in [0.1, 0.15) is 47.0 Å². The number of rotatable bonds is 12. The van der Waals surface area contributed by atoms with Gasteiger partial charge >= 0.3 is 6.09 Å². The van der Waals surface area contributed by atoms with Gasteiger partial charge in [-0.05, 0) is 37.0 Å². The van der Waals surface area contributed by atoms with Gasteiger partial charge in [0.05, 0.1) is 27.2 Å². The minimum absolute atomic E-state index is 0.00468. The first-order valence-corrected chi connectivity index (χ1v) is 12.1. The first kappa shape index (κ1) is 27.8. The first-order valence-electron chi connectivity index (χ1n) is 10.6. The lowest BCUT2D eigenvalue weighted by atomic mass is 9.62. The molecule has 180 valence electrons. The van der Waals surface area contributed by atoms with Crippen LogP contribution in [0, 0.1) is 10.8 Å². The van der Waals surface area contributed by atoms with Gasteiger partial charge in [-0.25, -0.2) is 14.6 Å². The van der Waals surface area contributed by atoms with E-state index in [4.69, 9.17) is 9.26 Å². The number of phosphoric ester groups is 1. The van der Waals surface area contributed by atoms with Crippen LogP contribution in [0.4, 0.5) is 4.79 Å². The van der Waals surface area contributed by atoms with E-state index < -0.39 is 13.9 Å². The van der Waals surface area contributed by atoms with Crippen molar-refractivity contribution in [1.82, 2.24) is 5.32 Å². The Morgan fingerprint density at radius 2 is 1.87 bits per heavy atom. The smallest absolute Gasteiger partial charge is 0.407 e. The van der Waals surface area contributed by atoms with Crippen molar-refractivity contribution in [2.45, 2.75) is 53.0 Å². The number of ether oxygens (including phenoxy) is 1. The summed E-state index contributed by atoms with van der Waals surface area (Å²) in [5.41, 5.74) is -0.177. The van der Waals surface area contributed by atoms with Gasteiger partial charge in [0, 0.05) is 6.04 Å². The summed E-state index contributed by atoms with van der Waals surface area (Å²) in [6.45, 7) is 9.43. The van der Waals surface area contributed by atoms with E-state index in [2.05, 4.69) is 35.6 Å². The number of nitrogens with zero attached hydrogens (tertiary/aromatic N) is 2. The number of hydrogen-bond donors (Lipinski definition) is 1. The molecule has 0 heterocycles. The number of nitrogens with one attached hydrogen (secondary N) is 1. The quantitative estimate of drug-likeness (QED) is 0.204. The number of carbonyl (C=O) groups excluding carboxylic acids is 2. The van der Waals surface area contributed by atoms with Crippen molar-refractivity contribution < 1.29 is 37.3 Å². The molecular formula is C20H38N3O7P. The van der Waals surface area contributed by atoms with Crippen molar-refractivity contribution in [3.8, 4) is 0 Å². The van der Waals surface area contributed by atoms with E-state index in [0.717, 1.165) is 12.8 Å². The minimum atomic E-state index is -4.25. The second kappa shape index (κ2) is 11.5. The molecule has 10 nitrogen and oxygen atoms in total. The number of quaternary nitrogens is 1. The number of alkyl carbamates (subject to hydrolysis) is 1. The number of amides is 1.